The molecule has 19 heavy (non-hydrogen) atoms. The van der Waals surface area contributed by atoms with E-state index in [9.17, 15) is 4.39 Å². The lowest BCUT2D eigenvalue weighted by atomic mass is 10.0. The Morgan fingerprint density at radius 3 is 2.89 bits per heavy atom. The fourth-order valence-corrected chi connectivity index (χ4v) is 2.58. The average molecular weight is 267 g/mol. The summed E-state index contributed by atoms with van der Waals surface area (Å²) in [6.07, 6.45) is 2.23. The molecule has 3 atom stereocenters. The molecule has 1 N–H and O–H groups in total. The van der Waals surface area contributed by atoms with Crippen LogP contribution >= 0.6 is 0 Å². The zero-order valence-corrected chi connectivity index (χ0v) is 11.8. The maximum absolute atomic E-state index is 14.0. The first-order valence-electron chi connectivity index (χ1n) is 6.81. The van der Waals surface area contributed by atoms with Gasteiger partial charge in [-0.3, -0.25) is 0 Å². The molecule has 1 saturated heterocycles. The van der Waals surface area contributed by atoms with Gasteiger partial charge in [0.05, 0.1) is 13.2 Å². The van der Waals surface area contributed by atoms with E-state index in [0.29, 0.717) is 17.4 Å². The van der Waals surface area contributed by atoms with Crippen molar-refractivity contribution in [3.05, 3.63) is 29.6 Å². The number of benzene rings is 1. The van der Waals surface area contributed by atoms with Crippen LogP contribution in [0.25, 0.3) is 0 Å². The van der Waals surface area contributed by atoms with Crippen LogP contribution < -0.4 is 10.1 Å². The van der Waals surface area contributed by atoms with Crippen molar-refractivity contribution in [2.75, 3.05) is 13.7 Å². The molecule has 1 aromatic rings. The van der Waals surface area contributed by atoms with Crippen LogP contribution in [0.2, 0.25) is 0 Å². The second kappa shape index (κ2) is 6.35. The Bertz CT molecular complexity index is 425. The molecule has 106 valence electrons. The summed E-state index contributed by atoms with van der Waals surface area (Å²) >= 11 is 0. The molecule has 0 spiro atoms. The van der Waals surface area contributed by atoms with E-state index in [1.165, 1.54) is 6.07 Å². The van der Waals surface area contributed by atoms with Crippen LogP contribution in [0, 0.1) is 5.82 Å². The molecule has 3 nitrogen and oxygen atoms in total. The Hall–Kier alpha value is -1.13. The molecule has 1 aliphatic rings. The third-order valence-corrected chi connectivity index (χ3v) is 3.64. The number of nitrogens with one attached hydrogen (secondary N) is 1. The number of ether oxygens (including phenoxy) is 2. The molecule has 0 aliphatic carbocycles. The van der Waals surface area contributed by atoms with Crippen LogP contribution in [0.15, 0.2) is 18.2 Å². The van der Waals surface area contributed by atoms with Crippen molar-refractivity contribution in [2.24, 2.45) is 0 Å². The fraction of sp³-hybridized carbons (Fsp3) is 0.600. The van der Waals surface area contributed by atoms with Crippen LogP contribution in [0.3, 0.4) is 0 Å². The van der Waals surface area contributed by atoms with E-state index in [0.717, 1.165) is 19.4 Å². The van der Waals surface area contributed by atoms with Crippen molar-refractivity contribution in [3.63, 3.8) is 0 Å². The van der Waals surface area contributed by atoms with Gasteiger partial charge in [0.15, 0.2) is 0 Å². The number of halogens is 1. The van der Waals surface area contributed by atoms with Crippen molar-refractivity contribution in [3.8, 4) is 5.75 Å². The van der Waals surface area contributed by atoms with Gasteiger partial charge in [-0.05, 0) is 32.8 Å². The lowest BCUT2D eigenvalue weighted by Gasteiger charge is -2.30. The smallest absolute Gasteiger partial charge is 0.131 e. The largest absolute Gasteiger partial charge is 0.497 e. The molecular weight excluding hydrogens is 245 g/mol. The molecule has 2 rings (SSSR count). The Balaban J connectivity index is 2.01. The summed E-state index contributed by atoms with van der Waals surface area (Å²) in [5, 5.41) is 3.48. The van der Waals surface area contributed by atoms with Crippen molar-refractivity contribution in [2.45, 2.75) is 44.9 Å². The van der Waals surface area contributed by atoms with E-state index in [-0.39, 0.29) is 18.0 Å². The van der Waals surface area contributed by atoms with E-state index in [1.807, 2.05) is 6.92 Å². The first-order chi connectivity index (χ1) is 9.10. The van der Waals surface area contributed by atoms with Crippen LogP contribution in [-0.2, 0) is 4.74 Å². The van der Waals surface area contributed by atoms with Crippen LogP contribution in [0.4, 0.5) is 4.39 Å². The van der Waals surface area contributed by atoms with Gasteiger partial charge in [0.25, 0.3) is 0 Å². The Labute approximate surface area is 114 Å². The number of rotatable bonds is 4. The van der Waals surface area contributed by atoms with E-state index in [2.05, 4.69) is 12.2 Å². The average Bonchev–Trinajstić information content (AvgIpc) is 2.38. The maximum atomic E-state index is 14.0. The third-order valence-electron chi connectivity index (χ3n) is 3.64. The molecule has 0 amide bonds. The monoisotopic (exact) mass is 267 g/mol. The second-order valence-electron chi connectivity index (χ2n) is 5.18. The van der Waals surface area contributed by atoms with E-state index in [4.69, 9.17) is 9.47 Å². The summed E-state index contributed by atoms with van der Waals surface area (Å²) in [7, 11) is 1.54. The summed E-state index contributed by atoms with van der Waals surface area (Å²) < 4.78 is 24.5. The van der Waals surface area contributed by atoms with Crippen molar-refractivity contribution in [1.29, 1.82) is 0 Å². The van der Waals surface area contributed by atoms with Crippen molar-refractivity contribution < 1.29 is 13.9 Å². The minimum absolute atomic E-state index is 0.0128. The lowest BCUT2D eigenvalue weighted by molar-refractivity contribution is 0.0115. The molecule has 1 fully saturated rings. The molecule has 3 unspecified atom stereocenters. The highest BCUT2D eigenvalue weighted by atomic mass is 19.1. The Morgan fingerprint density at radius 1 is 1.47 bits per heavy atom. The van der Waals surface area contributed by atoms with Crippen LogP contribution in [0.1, 0.15) is 38.3 Å². The number of hydrogen-bond acceptors (Lipinski definition) is 3. The van der Waals surface area contributed by atoms with Gasteiger partial charge in [-0.15, -0.1) is 0 Å². The molecule has 1 aliphatic heterocycles. The van der Waals surface area contributed by atoms with Gasteiger partial charge in [0, 0.05) is 30.3 Å². The standard InChI is InChI=1S/C15H22FNO2/c1-10-8-12(6-7-19-10)17-11(2)14-5-4-13(18-3)9-15(14)16/h4-5,9-12,17H,6-8H2,1-3H3. The zero-order valence-electron chi connectivity index (χ0n) is 11.8. The maximum Gasteiger partial charge on any atom is 0.131 e. The minimum Gasteiger partial charge on any atom is -0.497 e. The van der Waals surface area contributed by atoms with E-state index >= 15 is 0 Å². The van der Waals surface area contributed by atoms with Crippen LogP contribution in [0.5, 0.6) is 5.75 Å². The SMILES string of the molecule is COc1ccc(C(C)NC2CCOC(C)C2)c(F)c1. The highest BCUT2D eigenvalue weighted by Gasteiger charge is 2.22. The highest BCUT2D eigenvalue weighted by Crippen LogP contribution is 2.24. The lowest BCUT2D eigenvalue weighted by Crippen LogP contribution is -2.39. The molecule has 0 bridgehead atoms. The first-order valence-corrected chi connectivity index (χ1v) is 6.81. The summed E-state index contributed by atoms with van der Waals surface area (Å²) in [6, 6.07) is 5.39. The van der Waals surface area contributed by atoms with Gasteiger partial charge >= 0.3 is 0 Å². The Kier molecular flexibility index (Phi) is 4.77. The zero-order chi connectivity index (χ0) is 13.8. The summed E-state index contributed by atoms with van der Waals surface area (Å²) in [4.78, 5) is 0. The van der Waals surface area contributed by atoms with Gasteiger partial charge in [-0.2, -0.15) is 0 Å². The van der Waals surface area contributed by atoms with E-state index in [1.54, 1.807) is 19.2 Å². The predicted molar refractivity (Wildman–Crippen MR) is 72.9 cm³/mol. The van der Waals surface area contributed by atoms with Crippen LogP contribution in [-0.4, -0.2) is 25.9 Å². The van der Waals surface area contributed by atoms with Gasteiger partial charge in [0.2, 0.25) is 0 Å². The summed E-state index contributed by atoms with van der Waals surface area (Å²) in [6.45, 7) is 4.84. The summed E-state index contributed by atoms with van der Waals surface area (Å²) in [5.74, 6) is 0.326. The van der Waals surface area contributed by atoms with Gasteiger partial charge in [-0.25, -0.2) is 4.39 Å². The fourth-order valence-electron chi connectivity index (χ4n) is 2.58. The minimum atomic E-state index is -0.223. The molecular formula is C15H22FNO2. The van der Waals surface area contributed by atoms with Crippen molar-refractivity contribution in [1.82, 2.24) is 5.32 Å². The normalized spacial score (nSPS) is 25.1. The van der Waals surface area contributed by atoms with Crippen molar-refractivity contribution >= 4 is 0 Å². The van der Waals surface area contributed by atoms with Gasteiger partial charge in [0.1, 0.15) is 11.6 Å². The Morgan fingerprint density at radius 2 is 2.26 bits per heavy atom. The summed E-state index contributed by atoms with van der Waals surface area (Å²) in [5.41, 5.74) is 0.681. The number of methoxy groups -OCH3 is 1. The molecule has 0 aromatic heterocycles. The quantitative estimate of drug-likeness (QED) is 0.909. The molecule has 1 aromatic carbocycles. The molecule has 0 saturated carbocycles. The third kappa shape index (κ3) is 3.67. The predicted octanol–water partition coefficient (Wildman–Crippen LogP) is 3.05. The molecule has 1 heterocycles. The first kappa shape index (κ1) is 14.3. The van der Waals surface area contributed by atoms with Gasteiger partial charge in [-0.1, -0.05) is 6.07 Å². The van der Waals surface area contributed by atoms with E-state index < -0.39 is 0 Å². The second-order valence-corrected chi connectivity index (χ2v) is 5.18. The van der Waals surface area contributed by atoms with Gasteiger partial charge < -0.3 is 14.8 Å². The number of hydrogen-bond donors (Lipinski definition) is 1. The molecule has 0 radical (unpaired) electrons. The topological polar surface area (TPSA) is 30.5 Å². The molecule has 4 heteroatoms. The highest BCUT2D eigenvalue weighted by molar-refractivity contribution is 5.30.